The monoisotopic (exact) mass is 453 g/mol. The van der Waals surface area contributed by atoms with Gasteiger partial charge in [0.2, 0.25) is 5.91 Å². The van der Waals surface area contributed by atoms with Gasteiger partial charge in [0.1, 0.15) is 0 Å². The summed E-state index contributed by atoms with van der Waals surface area (Å²) in [6, 6.07) is 12.9. The van der Waals surface area contributed by atoms with E-state index in [1.165, 1.54) is 18.4 Å². The van der Waals surface area contributed by atoms with E-state index in [-0.39, 0.29) is 23.9 Å². The highest BCUT2D eigenvalue weighted by atomic mass is 32.1. The summed E-state index contributed by atoms with van der Waals surface area (Å²) in [6.45, 7) is 5.30. The van der Waals surface area contributed by atoms with E-state index in [0.717, 1.165) is 55.6 Å². The van der Waals surface area contributed by atoms with Crippen LogP contribution in [0.1, 0.15) is 67.5 Å². The number of amides is 3. The molecule has 2 aliphatic heterocycles. The number of carbonyl (C=O) groups excluding carboxylic acids is 2. The van der Waals surface area contributed by atoms with E-state index >= 15 is 0 Å². The number of likely N-dealkylation sites (tertiary alicyclic amines) is 2. The predicted molar refractivity (Wildman–Crippen MR) is 130 cm³/mol. The first-order valence-corrected chi connectivity index (χ1v) is 13.0. The third-order valence-electron chi connectivity index (χ3n) is 6.76. The lowest BCUT2D eigenvalue weighted by Gasteiger charge is -2.34. The van der Waals surface area contributed by atoms with Gasteiger partial charge in [-0.3, -0.25) is 4.79 Å². The van der Waals surface area contributed by atoms with Gasteiger partial charge in [-0.1, -0.05) is 43.7 Å². The molecular weight excluding hydrogens is 418 g/mol. The molecule has 2 saturated heterocycles. The van der Waals surface area contributed by atoms with Crippen LogP contribution < -0.4 is 5.32 Å². The average molecular weight is 454 g/mol. The van der Waals surface area contributed by atoms with Crippen molar-refractivity contribution in [1.29, 1.82) is 0 Å². The van der Waals surface area contributed by atoms with Crippen molar-refractivity contribution in [3.8, 4) is 0 Å². The fourth-order valence-electron chi connectivity index (χ4n) is 4.73. The lowest BCUT2D eigenvalue weighted by Crippen LogP contribution is -2.48. The molecule has 0 bridgehead atoms. The van der Waals surface area contributed by atoms with Crippen molar-refractivity contribution in [1.82, 2.24) is 15.1 Å². The maximum absolute atomic E-state index is 13.2. The lowest BCUT2D eigenvalue weighted by molar-refractivity contribution is -0.126. The van der Waals surface area contributed by atoms with Crippen molar-refractivity contribution >= 4 is 23.3 Å². The standard InChI is InChI=1S/C26H35N3O2S/c1-2-3-7-20-9-11-21(12-10-20)24(23-8-6-19-32-23)27-25(30)22-13-17-29(18-14-22)26(31)28-15-4-5-16-28/h6,8-12,19,22,24H,2-5,7,13-18H2,1H3,(H,27,30). The number of hydrogen-bond acceptors (Lipinski definition) is 3. The number of aryl methyl sites for hydroxylation is 1. The van der Waals surface area contributed by atoms with Crippen molar-refractivity contribution < 1.29 is 9.59 Å². The van der Waals surface area contributed by atoms with Gasteiger partial charge in [-0.15, -0.1) is 11.3 Å². The van der Waals surface area contributed by atoms with Crippen LogP contribution >= 0.6 is 11.3 Å². The third kappa shape index (κ3) is 5.52. The Bertz CT molecular complexity index is 867. The Morgan fingerprint density at radius 2 is 1.72 bits per heavy atom. The second-order valence-corrected chi connectivity index (χ2v) is 10.0. The quantitative estimate of drug-likeness (QED) is 0.625. The minimum atomic E-state index is -0.119. The number of benzene rings is 1. The zero-order chi connectivity index (χ0) is 22.3. The molecule has 0 spiro atoms. The summed E-state index contributed by atoms with van der Waals surface area (Å²) in [5.74, 6) is 0.0654. The minimum Gasteiger partial charge on any atom is -0.344 e. The molecule has 0 aliphatic carbocycles. The smallest absolute Gasteiger partial charge is 0.319 e. The molecule has 2 fully saturated rings. The minimum absolute atomic E-state index is 0.0380. The zero-order valence-electron chi connectivity index (χ0n) is 19.1. The molecule has 1 aromatic carbocycles. The summed E-state index contributed by atoms with van der Waals surface area (Å²) in [6.07, 6.45) is 7.17. The number of piperidine rings is 1. The van der Waals surface area contributed by atoms with E-state index in [9.17, 15) is 9.59 Å². The largest absolute Gasteiger partial charge is 0.344 e. The number of nitrogens with zero attached hydrogens (tertiary/aromatic N) is 2. The Hall–Kier alpha value is -2.34. The summed E-state index contributed by atoms with van der Waals surface area (Å²) in [7, 11) is 0. The van der Waals surface area contributed by atoms with Crippen molar-refractivity contribution in [2.24, 2.45) is 5.92 Å². The first-order chi connectivity index (χ1) is 15.7. The Morgan fingerprint density at radius 3 is 2.34 bits per heavy atom. The Kier molecular flexibility index (Phi) is 7.85. The van der Waals surface area contributed by atoms with Crippen LogP contribution in [-0.4, -0.2) is 47.9 Å². The van der Waals surface area contributed by atoms with Crippen molar-refractivity contribution in [2.45, 2.75) is 57.9 Å². The number of thiophene rings is 1. The molecule has 4 rings (SSSR count). The summed E-state index contributed by atoms with van der Waals surface area (Å²) in [5, 5.41) is 5.39. The summed E-state index contributed by atoms with van der Waals surface area (Å²) < 4.78 is 0. The Labute approximate surface area is 195 Å². The zero-order valence-corrected chi connectivity index (χ0v) is 19.9. The number of urea groups is 1. The number of hydrogen-bond donors (Lipinski definition) is 1. The number of nitrogens with one attached hydrogen (secondary N) is 1. The van der Waals surface area contributed by atoms with E-state index in [4.69, 9.17) is 0 Å². The highest BCUT2D eigenvalue weighted by Gasteiger charge is 2.31. The summed E-state index contributed by atoms with van der Waals surface area (Å²) >= 11 is 1.68. The Balaban J connectivity index is 1.37. The van der Waals surface area contributed by atoms with Crippen LogP contribution in [0.3, 0.4) is 0 Å². The maximum atomic E-state index is 13.2. The molecule has 0 saturated carbocycles. The molecule has 5 nitrogen and oxygen atoms in total. The van der Waals surface area contributed by atoms with Crippen molar-refractivity contribution in [3.05, 3.63) is 57.8 Å². The van der Waals surface area contributed by atoms with E-state index in [2.05, 4.69) is 48.0 Å². The number of carbonyl (C=O) groups is 2. The molecule has 32 heavy (non-hydrogen) atoms. The molecule has 1 N–H and O–H groups in total. The van der Waals surface area contributed by atoms with Crippen LogP contribution in [0.2, 0.25) is 0 Å². The third-order valence-corrected chi connectivity index (χ3v) is 7.70. The second kappa shape index (κ2) is 11.0. The molecule has 0 radical (unpaired) electrons. The van der Waals surface area contributed by atoms with Gasteiger partial charge in [-0.2, -0.15) is 0 Å². The maximum Gasteiger partial charge on any atom is 0.319 e. The fourth-order valence-corrected chi connectivity index (χ4v) is 5.54. The molecular formula is C26H35N3O2S. The van der Waals surface area contributed by atoms with Gasteiger partial charge in [-0.05, 0) is 61.1 Å². The molecule has 3 amide bonds. The Morgan fingerprint density at radius 1 is 1.03 bits per heavy atom. The topological polar surface area (TPSA) is 52.7 Å². The highest BCUT2D eigenvalue weighted by molar-refractivity contribution is 7.10. The molecule has 1 unspecified atom stereocenters. The van der Waals surface area contributed by atoms with E-state index in [0.29, 0.717) is 13.1 Å². The normalized spacial score (nSPS) is 18.0. The SMILES string of the molecule is CCCCc1ccc(C(NC(=O)C2CCN(C(=O)N3CCCC3)CC2)c2cccs2)cc1. The first kappa shape index (κ1) is 22.8. The van der Waals surface area contributed by atoms with Gasteiger partial charge in [0.15, 0.2) is 0 Å². The van der Waals surface area contributed by atoms with Gasteiger partial charge < -0.3 is 15.1 Å². The van der Waals surface area contributed by atoms with Gasteiger partial charge in [-0.25, -0.2) is 4.79 Å². The first-order valence-electron chi connectivity index (χ1n) is 12.1. The van der Waals surface area contributed by atoms with Crippen LogP contribution in [0, 0.1) is 5.92 Å². The van der Waals surface area contributed by atoms with Crippen molar-refractivity contribution in [3.63, 3.8) is 0 Å². The van der Waals surface area contributed by atoms with E-state index < -0.39 is 0 Å². The average Bonchev–Trinajstić information content (AvgIpc) is 3.56. The lowest BCUT2D eigenvalue weighted by atomic mass is 9.94. The van der Waals surface area contributed by atoms with Crippen molar-refractivity contribution in [2.75, 3.05) is 26.2 Å². The second-order valence-electron chi connectivity index (χ2n) is 9.04. The molecule has 2 aromatic rings. The summed E-state index contributed by atoms with van der Waals surface area (Å²) in [5.41, 5.74) is 2.48. The molecule has 3 heterocycles. The molecule has 1 atom stereocenters. The van der Waals surface area contributed by atoms with Crippen LogP contribution in [-0.2, 0) is 11.2 Å². The van der Waals surface area contributed by atoms with Crippen LogP contribution in [0.5, 0.6) is 0 Å². The molecule has 172 valence electrons. The highest BCUT2D eigenvalue weighted by Crippen LogP contribution is 2.28. The molecule has 1 aromatic heterocycles. The molecule has 2 aliphatic rings. The van der Waals surface area contributed by atoms with Gasteiger partial charge in [0, 0.05) is 37.0 Å². The van der Waals surface area contributed by atoms with Gasteiger partial charge in [0.05, 0.1) is 6.04 Å². The van der Waals surface area contributed by atoms with E-state index in [1.807, 2.05) is 15.9 Å². The fraction of sp³-hybridized carbons (Fsp3) is 0.538. The van der Waals surface area contributed by atoms with Crippen LogP contribution in [0.25, 0.3) is 0 Å². The molecule has 6 heteroatoms. The summed E-state index contributed by atoms with van der Waals surface area (Å²) in [4.78, 5) is 30.9. The predicted octanol–water partition coefficient (Wildman–Crippen LogP) is 5.22. The van der Waals surface area contributed by atoms with Crippen LogP contribution in [0.15, 0.2) is 41.8 Å². The van der Waals surface area contributed by atoms with Gasteiger partial charge >= 0.3 is 6.03 Å². The number of rotatable bonds is 7. The van der Waals surface area contributed by atoms with E-state index in [1.54, 1.807) is 11.3 Å². The van der Waals surface area contributed by atoms with Gasteiger partial charge in [0.25, 0.3) is 0 Å². The van der Waals surface area contributed by atoms with Crippen LogP contribution in [0.4, 0.5) is 4.79 Å². The number of unbranched alkanes of at least 4 members (excludes halogenated alkanes) is 1.